The molecular weight excluding hydrogens is 281 g/mol. The number of benzene rings is 2. The van der Waals surface area contributed by atoms with Gasteiger partial charge in [-0.15, -0.1) is 0 Å². The van der Waals surface area contributed by atoms with Gasteiger partial charge in [-0.25, -0.2) is 4.39 Å². The van der Waals surface area contributed by atoms with Crippen molar-refractivity contribution < 1.29 is 14.3 Å². The highest BCUT2D eigenvalue weighted by Gasteiger charge is 2.36. The van der Waals surface area contributed by atoms with E-state index < -0.39 is 6.10 Å². The van der Waals surface area contributed by atoms with Crippen molar-refractivity contribution in [1.29, 1.82) is 0 Å². The molecule has 0 aromatic heterocycles. The summed E-state index contributed by atoms with van der Waals surface area (Å²) in [4.78, 5) is 14.3. The quantitative estimate of drug-likeness (QED) is 0.946. The van der Waals surface area contributed by atoms with Gasteiger partial charge in [-0.3, -0.25) is 4.79 Å². The topological polar surface area (TPSA) is 40.5 Å². The molecule has 1 saturated heterocycles. The number of amides is 1. The summed E-state index contributed by atoms with van der Waals surface area (Å²) >= 11 is 0. The van der Waals surface area contributed by atoms with Crippen LogP contribution in [0.2, 0.25) is 0 Å². The summed E-state index contributed by atoms with van der Waals surface area (Å²) in [5, 5.41) is 10.2. The number of rotatable bonds is 3. The smallest absolute Gasteiger partial charge is 0.254 e. The SMILES string of the molecule is O=C(c1ccc(F)cc1)N1CC[C@H](O)[C@@H]1Cc1ccccc1. The minimum Gasteiger partial charge on any atom is -0.391 e. The summed E-state index contributed by atoms with van der Waals surface area (Å²) in [7, 11) is 0. The van der Waals surface area contributed by atoms with Crippen LogP contribution in [0, 0.1) is 5.82 Å². The Balaban J connectivity index is 1.79. The normalized spacial score (nSPS) is 21.1. The number of nitrogens with zero attached hydrogens (tertiary/aromatic N) is 1. The first-order valence-electron chi connectivity index (χ1n) is 7.43. The number of carbonyl (C=O) groups excluding carboxylic acids is 1. The minimum atomic E-state index is -0.524. The van der Waals surface area contributed by atoms with Gasteiger partial charge in [-0.05, 0) is 42.7 Å². The van der Waals surface area contributed by atoms with Crippen LogP contribution in [-0.4, -0.2) is 34.6 Å². The molecule has 4 heteroatoms. The van der Waals surface area contributed by atoms with Crippen molar-refractivity contribution in [3.8, 4) is 0 Å². The lowest BCUT2D eigenvalue weighted by Gasteiger charge is -2.26. The summed E-state index contributed by atoms with van der Waals surface area (Å²) in [5.41, 5.74) is 1.54. The Hall–Kier alpha value is -2.20. The van der Waals surface area contributed by atoms with Crippen LogP contribution in [-0.2, 0) is 6.42 Å². The van der Waals surface area contributed by atoms with Gasteiger partial charge in [0.25, 0.3) is 5.91 Å². The van der Waals surface area contributed by atoms with E-state index in [2.05, 4.69) is 0 Å². The molecule has 0 radical (unpaired) electrons. The fourth-order valence-electron chi connectivity index (χ4n) is 2.95. The molecule has 1 aliphatic heterocycles. The van der Waals surface area contributed by atoms with Gasteiger partial charge in [-0.2, -0.15) is 0 Å². The van der Waals surface area contributed by atoms with Crippen molar-refractivity contribution in [2.75, 3.05) is 6.54 Å². The highest BCUT2D eigenvalue weighted by molar-refractivity contribution is 5.94. The van der Waals surface area contributed by atoms with Crippen molar-refractivity contribution in [3.63, 3.8) is 0 Å². The van der Waals surface area contributed by atoms with E-state index in [0.717, 1.165) is 5.56 Å². The van der Waals surface area contributed by atoms with Crippen LogP contribution in [0.15, 0.2) is 54.6 Å². The molecule has 1 heterocycles. The van der Waals surface area contributed by atoms with Crippen molar-refractivity contribution in [2.24, 2.45) is 0 Å². The van der Waals surface area contributed by atoms with Gasteiger partial charge in [0, 0.05) is 12.1 Å². The molecule has 0 saturated carbocycles. The molecule has 2 aromatic rings. The van der Waals surface area contributed by atoms with Gasteiger partial charge in [0.2, 0.25) is 0 Å². The molecule has 114 valence electrons. The summed E-state index contributed by atoms with van der Waals surface area (Å²) in [6.07, 6.45) is 0.670. The summed E-state index contributed by atoms with van der Waals surface area (Å²) in [6, 6.07) is 15.1. The van der Waals surface area contributed by atoms with Gasteiger partial charge in [-0.1, -0.05) is 30.3 Å². The Labute approximate surface area is 129 Å². The number of aliphatic hydroxyl groups excluding tert-OH is 1. The van der Waals surface area contributed by atoms with E-state index in [0.29, 0.717) is 24.9 Å². The van der Waals surface area contributed by atoms with Crippen molar-refractivity contribution >= 4 is 5.91 Å². The Bertz CT molecular complexity index is 642. The highest BCUT2D eigenvalue weighted by atomic mass is 19.1. The van der Waals surface area contributed by atoms with Crippen LogP contribution >= 0.6 is 0 Å². The fourth-order valence-corrected chi connectivity index (χ4v) is 2.95. The van der Waals surface area contributed by atoms with Crippen LogP contribution in [0.4, 0.5) is 4.39 Å². The average Bonchev–Trinajstić information content (AvgIpc) is 2.89. The maximum absolute atomic E-state index is 13.0. The van der Waals surface area contributed by atoms with Crippen molar-refractivity contribution in [1.82, 2.24) is 4.90 Å². The molecule has 2 atom stereocenters. The summed E-state index contributed by atoms with van der Waals surface area (Å²) < 4.78 is 13.0. The van der Waals surface area contributed by atoms with Gasteiger partial charge in [0.1, 0.15) is 5.82 Å². The zero-order valence-electron chi connectivity index (χ0n) is 12.2. The standard InChI is InChI=1S/C18H18FNO2/c19-15-8-6-14(7-9-15)18(22)20-11-10-17(21)16(20)12-13-4-2-1-3-5-13/h1-9,16-17,21H,10-12H2/t16-,17-/m0/s1. The third kappa shape index (κ3) is 3.02. The highest BCUT2D eigenvalue weighted by Crippen LogP contribution is 2.24. The Morgan fingerprint density at radius 2 is 1.82 bits per heavy atom. The fraction of sp³-hybridized carbons (Fsp3) is 0.278. The van der Waals surface area contributed by atoms with Gasteiger partial charge >= 0.3 is 0 Å². The van der Waals surface area contributed by atoms with E-state index in [1.165, 1.54) is 24.3 Å². The minimum absolute atomic E-state index is 0.155. The van der Waals surface area contributed by atoms with E-state index in [4.69, 9.17) is 0 Å². The molecule has 1 amide bonds. The van der Waals surface area contributed by atoms with Crippen LogP contribution in [0.3, 0.4) is 0 Å². The number of carbonyl (C=O) groups is 1. The average molecular weight is 299 g/mol. The maximum Gasteiger partial charge on any atom is 0.254 e. The third-order valence-electron chi connectivity index (χ3n) is 4.15. The van der Waals surface area contributed by atoms with E-state index in [1.54, 1.807) is 4.90 Å². The van der Waals surface area contributed by atoms with Crippen LogP contribution in [0.25, 0.3) is 0 Å². The second-order valence-electron chi connectivity index (χ2n) is 5.62. The number of likely N-dealkylation sites (tertiary alicyclic amines) is 1. The monoisotopic (exact) mass is 299 g/mol. The predicted octanol–water partition coefficient (Wildman–Crippen LogP) is 2.64. The molecule has 3 nitrogen and oxygen atoms in total. The molecule has 22 heavy (non-hydrogen) atoms. The molecule has 2 aromatic carbocycles. The first-order chi connectivity index (χ1) is 10.6. The molecule has 1 aliphatic rings. The van der Waals surface area contributed by atoms with E-state index >= 15 is 0 Å². The molecule has 0 aliphatic carbocycles. The summed E-state index contributed by atoms with van der Waals surface area (Å²) in [5.74, 6) is -0.517. The first kappa shape index (κ1) is 14.7. The molecule has 0 bridgehead atoms. The van der Waals surface area contributed by atoms with Gasteiger partial charge in [0.05, 0.1) is 12.1 Å². The van der Waals surface area contributed by atoms with Gasteiger partial charge in [0.15, 0.2) is 0 Å². The molecule has 1 N–H and O–H groups in total. The lowest BCUT2D eigenvalue weighted by molar-refractivity contribution is 0.0640. The zero-order chi connectivity index (χ0) is 15.5. The number of halogens is 1. The number of hydrogen-bond donors (Lipinski definition) is 1. The van der Waals surface area contributed by atoms with Crippen LogP contribution in [0.1, 0.15) is 22.3 Å². The second kappa shape index (κ2) is 6.28. The Morgan fingerprint density at radius 3 is 2.50 bits per heavy atom. The van der Waals surface area contributed by atoms with E-state index in [-0.39, 0.29) is 17.8 Å². The lowest BCUT2D eigenvalue weighted by atomic mass is 10.0. The van der Waals surface area contributed by atoms with E-state index in [9.17, 15) is 14.3 Å². The molecule has 3 rings (SSSR count). The van der Waals surface area contributed by atoms with Crippen molar-refractivity contribution in [2.45, 2.75) is 25.0 Å². The molecule has 0 spiro atoms. The predicted molar refractivity (Wildman–Crippen MR) is 82.0 cm³/mol. The Kier molecular flexibility index (Phi) is 4.20. The lowest BCUT2D eigenvalue weighted by Crippen LogP contribution is -2.41. The first-order valence-corrected chi connectivity index (χ1v) is 7.43. The molecule has 0 unspecified atom stereocenters. The second-order valence-corrected chi connectivity index (χ2v) is 5.62. The zero-order valence-corrected chi connectivity index (χ0v) is 12.2. The molecular formula is C18H18FNO2. The number of aliphatic hydroxyl groups is 1. The molecule has 1 fully saturated rings. The van der Waals surface area contributed by atoms with Crippen molar-refractivity contribution in [3.05, 3.63) is 71.5 Å². The maximum atomic E-state index is 13.0. The van der Waals surface area contributed by atoms with Gasteiger partial charge < -0.3 is 10.0 Å². The van der Waals surface area contributed by atoms with Crippen LogP contribution in [0.5, 0.6) is 0 Å². The van der Waals surface area contributed by atoms with Crippen LogP contribution < -0.4 is 0 Å². The largest absolute Gasteiger partial charge is 0.391 e. The Morgan fingerprint density at radius 1 is 1.14 bits per heavy atom. The number of hydrogen-bond acceptors (Lipinski definition) is 2. The summed E-state index contributed by atoms with van der Waals surface area (Å²) in [6.45, 7) is 0.523. The van der Waals surface area contributed by atoms with E-state index in [1.807, 2.05) is 30.3 Å². The third-order valence-corrected chi connectivity index (χ3v) is 4.15.